The highest BCUT2D eigenvalue weighted by atomic mass is 16.4. The standard InChI is InChI=1S/C8H11N3O5/c1-4(7(14)15)10-5(12)3-11-6(13)2-9-8(11)16/h4H,2-3H2,1H3,(H,9,16)(H,10,12)(H,14,15). The van der Waals surface area contributed by atoms with Gasteiger partial charge in [0.2, 0.25) is 5.91 Å². The molecule has 0 bridgehead atoms. The average molecular weight is 229 g/mol. The van der Waals surface area contributed by atoms with E-state index < -0.39 is 36.4 Å². The molecule has 88 valence electrons. The van der Waals surface area contributed by atoms with Crippen molar-refractivity contribution in [1.82, 2.24) is 15.5 Å². The average Bonchev–Trinajstić information content (AvgIpc) is 2.49. The number of urea groups is 1. The molecule has 1 aliphatic heterocycles. The molecule has 8 heteroatoms. The first-order valence-corrected chi connectivity index (χ1v) is 4.52. The van der Waals surface area contributed by atoms with Crippen LogP contribution in [0.1, 0.15) is 6.92 Å². The minimum Gasteiger partial charge on any atom is -0.480 e. The lowest BCUT2D eigenvalue weighted by Gasteiger charge is -2.13. The van der Waals surface area contributed by atoms with Crippen molar-refractivity contribution < 1.29 is 24.3 Å². The van der Waals surface area contributed by atoms with Crippen molar-refractivity contribution in [2.75, 3.05) is 13.1 Å². The van der Waals surface area contributed by atoms with Gasteiger partial charge in [-0.05, 0) is 6.92 Å². The molecule has 16 heavy (non-hydrogen) atoms. The molecule has 1 rings (SSSR count). The number of amides is 4. The number of hydrogen-bond donors (Lipinski definition) is 3. The molecule has 0 aromatic rings. The Morgan fingerprint density at radius 3 is 2.62 bits per heavy atom. The summed E-state index contributed by atoms with van der Waals surface area (Å²) in [6, 6.07) is -1.71. The topological polar surface area (TPSA) is 116 Å². The molecule has 1 unspecified atom stereocenters. The first kappa shape index (κ1) is 12.0. The monoisotopic (exact) mass is 229 g/mol. The second-order valence-corrected chi connectivity index (χ2v) is 3.27. The molecular formula is C8H11N3O5. The van der Waals surface area contributed by atoms with E-state index in [4.69, 9.17) is 5.11 Å². The second-order valence-electron chi connectivity index (χ2n) is 3.27. The van der Waals surface area contributed by atoms with E-state index >= 15 is 0 Å². The van der Waals surface area contributed by atoms with Crippen LogP contribution in [-0.2, 0) is 14.4 Å². The van der Waals surface area contributed by atoms with Crippen LogP contribution in [-0.4, -0.2) is 53.0 Å². The lowest BCUT2D eigenvalue weighted by molar-refractivity contribution is -0.141. The Morgan fingerprint density at radius 1 is 1.56 bits per heavy atom. The first-order chi connectivity index (χ1) is 7.41. The fraction of sp³-hybridized carbons (Fsp3) is 0.500. The zero-order chi connectivity index (χ0) is 12.3. The van der Waals surface area contributed by atoms with Crippen molar-refractivity contribution >= 4 is 23.8 Å². The SMILES string of the molecule is CC(NC(=O)CN1C(=O)CNC1=O)C(=O)O. The summed E-state index contributed by atoms with van der Waals surface area (Å²) in [4.78, 5) is 44.5. The molecule has 1 aliphatic rings. The predicted molar refractivity (Wildman–Crippen MR) is 50.4 cm³/mol. The Hall–Kier alpha value is -2.12. The number of hydrogen-bond acceptors (Lipinski definition) is 4. The molecule has 1 heterocycles. The van der Waals surface area contributed by atoms with Gasteiger partial charge in [0.1, 0.15) is 12.6 Å². The minimum absolute atomic E-state index is 0.138. The maximum Gasteiger partial charge on any atom is 0.325 e. The summed E-state index contributed by atoms with van der Waals surface area (Å²) < 4.78 is 0. The maximum absolute atomic E-state index is 11.3. The normalized spacial score (nSPS) is 16.9. The number of nitrogens with zero attached hydrogens (tertiary/aromatic N) is 1. The summed E-state index contributed by atoms with van der Waals surface area (Å²) in [6.07, 6.45) is 0. The van der Waals surface area contributed by atoms with Gasteiger partial charge in [-0.3, -0.25) is 19.3 Å². The highest BCUT2D eigenvalue weighted by Gasteiger charge is 2.30. The quantitative estimate of drug-likeness (QED) is 0.488. The van der Waals surface area contributed by atoms with Crippen LogP contribution >= 0.6 is 0 Å². The third kappa shape index (κ3) is 2.69. The Morgan fingerprint density at radius 2 is 2.19 bits per heavy atom. The Kier molecular flexibility index (Phi) is 3.44. The van der Waals surface area contributed by atoms with Crippen LogP contribution < -0.4 is 10.6 Å². The summed E-state index contributed by atoms with van der Waals surface area (Å²) in [7, 11) is 0. The second kappa shape index (κ2) is 4.60. The van der Waals surface area contributed by atoms with Crippen LogP contribution in [0.5, 0.6) is 0 Å². The molecular weight excluding hydrogens is 218 g/mol. The van der Waals surface area contributed by atoms with Crippen LogP contribution in [0.4, 0.5) is 4.79 Å². The predicted octanol–water partition coefficient (Wildman–Crippen LogP) is -1.87. The summed E-state index contributed by atoms with van der Waals surface area (Å²) in [5.41, 5.74) is 0. The Balaban J connectivity index is 2.48. The molecule has 0 aromatic heterocycles. The van der Waals surface area contributed by atoms with E-state index in [1.165, 1.54) is 6.92 Å². The van der Waals surface area contributed by atoms with Gasteiger partial charge in [0, 0.05) is 0 Å². The summed E-state index contributed by atoms with van der Waals surface area (Å²) in [5.74, 6) is -2.39. The van der Waals surface area contributed by atoms with E-state index in [9.17, 15) is 19.2 Å². The van der Waals surface area contributed by atoms with Crippen molar-refractivity contribution in [3.63, 3.8) is 0 Å². The molecule has 0 spiro atoms. The van der Waals surface area contributed by atoms with E-state index in [0.717, 1.165) is 4.90 Å². The fourth-order valence-electron chi connectivity index (χ4n) is 1.11. The fourth-order valence-corrected chi connectivity index (χ4v) is 1.11. The zero-order valence-corrected chi connectivity index (χ0v) is 8.52. The van der Waals surface area contributed by atoms with Crippen molar-refractivity contribution in [2.45, 2.75) is 13.0 Å². The van der Waals surface area contributed by atoms with Crippen LogP contribution in [0.25, 0.3) is 0 Å². The van der Waals surface area contributed by atoms with Crippen LogP contribution in [0, 0.1) is 0 Å². The number of nitrogens with one attached hydrogen (secondary N) is 2. The minimum atomic E-state index is -1.19. The number of carboxylic acid groups (broad SMARTS) is 1. The molecule has 1 atom stereocenters. The van der Waals surface area contributed by atoms with Gasteiger partial charge in [-0.15, -0.1) is 0 Å². The Bertz CT molecular complexity index is 338. The third-order valence-electron chi connectivity index (χ3n) is 1.99. The molecule has 4 amide bonds. The van der Waals surface area contributed by atoms with Crippen LogP contribution in [0.3, 0.4) is 0 Å². The number of rotatable bonds is 4. The van der Waals surface area contributed by atoms with E-state index in [0.29, 0.717) is 0 Å². The molecule has 0 aliphatic carbocycles. The molecule has 1 fully saturated rings. The third-order valence-corrected chi connectivity index (χ3v) is 1.99. The van der Waals surface area contributed by atoms with Gasteiger partial charge in [-0.25, -0.2) is 4.79 Å². The van der Waals surface area contributed by atoms with Crippen molar-refractivity contribution in [2.24, 2.45) is 0 Å². The molecule has 0 radical (unpaired) electrons. The van der Waals surface area contributed by atoms with Gasteiger partial charge in [-0.1, -0.05) is 0 Å². The first-order valence-electron chi connectivity index (χ1n) is 4.52. The van der Waals surface area contributed by atoms with E-state index in [-0.39, 0.29) is 6.54 Å². The number of aliphatic carboxylic acids is 1. The molecule has 3 N–H and O–H groups in total. The smallest absolute Gasteiger partial charge is 0.325 e. The zero-order valence-electron chi connectivity index (χ0n) is 8.52. The molecule has 0 aromatic carbocycles. The number of carbonyl (C=O) groups is 4. The van der Waals surface area contributed by atoms with E-state index in [1.807, 2.05) is 0 Å². The van der Waals surface area contributed by atoms with E-state index in [1.54, 1.807) is 0 Å². The van der Waals surface area contributed by atoms with Crippen LogP contribution in [0.15, 0.2) is 0 Å². The van der Waals surface area contributed by atoms with Crippen LogP contribution in [0.2, 0.25) is 0 Å². The summed E-state index contributed by atoms with van der Waals surface area (Å²) in [6.45, 7) is 0.676. The molecule has 1 saturated heterocycles. The summed E-state index contributed by atoms with van der Waals surface area (Å²) in [5, 5.41) is 12.9. The molecule has 0 saturated carbocycles. The van der Waals surface area contributed by atoms with Gasteiger partial charge in [-0.2, -0.15) is 0 Å². The maximum atomic E-state index is 11.3. The van der Waals surface area contributed by atoms with Gasteiger partial charge in [0.15, 0.2) is 0 Å². The van der Waals surface area contributed by atoms with Crippen molar-refractivity contribution in [1.29, 1.82) is 0 Å². The van der Waals surface area contributed by atoms with Gasteiger partial charge < -0.3 is 15.7 Å². The van der Waals surface area contributed by atoms with Gasteiger partial charge >= 0.3 is 12.0 Å². The highest BCUT2D eigenvalue weighted by molar-refractivity contribution is 6.04. The number of carbonyl (C=O) groups excluding carboxylic acids is 3. The largest absolute Gasteiger partial charge is 0.480 e. The van der Waals surface area contributed by atoms with Gasteiger partial charge in [0.05, 0.1) is 6.54 Å². The number of imide groups is 1. The van der Waals surface area contributed by atoms with E-state index in [2.05, 4.69) is 10.6 Å². The van der Waals surface area contributed by atoms with Crippen molar-refractivity contribution in [3.05, 3.63) is 0 Å². The lowest BCUT2D eigenvalue weighted by Crippen LogP contribution is -2.45. The van der Waals surface area contributed by atoms with Crippen molar-refractivity contribution in [3.8, 4) is 0 Å². The Labute approximate surface area is 90.6 Å². The van der Waals surface area contributed by atoms with Gasteiger partial charge in [0.25, 0.3) is 5.91 Å². The molecule has 8 nitrogen and oxygen atoms in total. The summed E-state index contributed by atoms with van der Waals surface area (Å²) >= 11 is 0. The number of carboxylic acids is 1. The highest BCUT2D eigenvalue weighted by Crippen LogP contribution is 1.98. The lowest BCUT2D eigenvalue weighted by atomic mass is 10.3.